The predicted octanol–water partition coefficient (Wildman–Crippen LogP) is 12.4. The summed E-state index contributed by atoms with van der Waals surface area (Å²) in [6, 6.07) is 22.6. The number of aryl methyl sites for hydroxylation is 1. The summed E-state index contributed by atoms with van der Waals surface area (Å²) in [5.41, 5.74) is 2.90. The number of hydrogen-bond acceptors (Lipinski definition) is 0. The molecule has 0 aliphatic rings. The number of nitrogens with zero attached hydrogens (tertiary/aromatic N) is 1. The highest BCUT2D eigenvalue weighted by Crippen LogP contribution is 2.43. The maximum absolute atomic E-state index is 3.79. The first-order valence-corrected chi connectivity index (χ1v) is 18.8. The summed E-state index contributed by atoms with van der Waals surface area (Å²) >= 11 is 0. The van der Waals surface area contributed by atoms with Gasteiger partial charge < -0.3 is 0 Å². The molecule has 0 saturated heterocycles. The molecule has 0 spiro atoms. The van der Waals surface area contributed by atoms with Gasteiger partial charge in [0.2, 0.25) is 0 Å². The van der Waals surface area contributed by atoms with E-state index in [1.165, 1.54) is 145 Å². The van der Waals surface area contributed by atoms with Gasteiger partial charge in [-0.1, -0.05) is 191 Å². The smallest absolute Gasteiger partial charge is 0.247 e. The van der Waals surface area contributed by atoms with Gasteiger partial charge in [-0.3, -0.25) is 0 Å². The van der Waals surface area contributed by atoms with E-state index < -0.39 is 0 Å². The number of hydrogen-bond donors (Lipinski definition) is 1. The topological polar surface area (TPSA) is 19.7 Å². The predicted molar refractivity (Wildman–Crippen MR) is 191 cm³/mol. The molecule has 0 fully saturated rings. The Hall–Kier alpha value is -2.35. The molecule has 0 aliphatic heterocycles. The van der Waals surface area contributed by atoms with Gasteiger partial charge in [-0.05, 0) is 36.8 Å². The molecule has 3 rings (SSSR count). The Morgan fingerprint density at radius 3 is 1.61 bits per heavy atom. The second kappa shape index (κ2) is 22.2. The molecule has 2 aromatic carbocycles. The minimum atomic E-state index is 0.00741. The molecule has 44 heavy (non-hydrogen) atoms. The molecular weight excluding hydrogens is 532 g/mol. The Kier molecular flexibility index (Phi) is 18.2. The third-order valence-electron chi connectivity index (χ3n) is 10.1. The fourth-order valence-electron chi connectivity index (χ4n) is 7.32. The largest absolute Gasteiger partial charge is 0.258 e. The summed E-state index contributed by atoms with van der Waals surface area (Å²) < 4.78 is 2.58. The minimum Gasteiger partial charge on any atom is -0.247 e. The first-order valence-electron chi connectivity index (χ1n) is 18.8. The van der Waals surface area contributed by atoms with E-state index in [-0.39, 0.29) is 5.41 Å². The molecule has 1 N–H and O–H groups in total. The molecule has 2 nitrogen and oxygen atoms in total. The summed E-state index contributed by atoms with van der Waals surface area (Å²) in [5, 5.41) is 0. The molecule has 3 aromatic rings. The summed E-state index contributed by atoms with van der Waals surface area (Å²) in [6.45, 7) is 8.28. The van der Waals surface area contributed by atoms with Crippen molar-refractivity contribution in [2.45, 2.75) is 173 Å². The highest BCUT2D eigenvalue weighted by Gasteiger charge is 2.41. The van der Waals surface area contributed by atoms with Crippen LogP contribution in [0.1, 0.15) is 172 Å². The third kappa shape index (κ3) is 12.9. The van der Waals surface area contributed by atoms with Crippen LogP contribution in [0.25, 0.3) is 0 Å². The molecule has 0 amide bonds. The second-order valence-electron chi connectivity index (χ2n) is 13.8. The lowest BCUT2D eigenvalue weighted by Gasteiger charge is -2.37. The van der Waals surface area contributed by atoms with Crippen molar-refractivity contribution in [2.24, 2.45) is 0 Å². The molecule has 0 saturated carbocycles. The zero-order chi connectivity index (χ0) is 31.1. The van der Waals surface area contributed by atoms with Gasteiger partial charge in [0, 0.05) is 5.41 Å². The zero-order valence-electron chi connectivity index (χ0n) is 29.0. The fourth-order valence-corrected chi connectivity index (χ4v) is 7.32. The van der Waals surface area contributed by atoms with E-state index in [9.17, 15) is 0 Å². The normalized spacial score (nSPS) is 13.6. The average molecular weight is 600 g/mol. The lowest BCUT2D eigenvalue weighted by Crippen LogP contribution is -2.43. The quantitative estimate of drug-likeness (QED) is 0.0699. The van der Waals surface area contributed by atoms with E-state index in [2.05, 4.69) is 103 Å². The van der Waals surface area contributed by atoms with E-state index in [4.69, 9.17) is 0 Å². The lowest BCUT2D eigenvalue weighted by atomic mass is 9.66. The zero-order valence-corrected chi connectivity index (χ0v) is 29.0. The van der Waals surface area contributed by atoms with E-state index in [0.717, 1.165) is 13.0 Å². The molecule has 1 aromatic heterocycles. The van der Waals surface area contributed by atoms with Gasteiger partial charge >= 0.3 is 0 Å². The van der Waals surface area contributed by atoms with Crippen LogP contribution in [0.4, 0.5) is 0 Å². The summed E-state index contributed by atoms with van der Waals surface area (Å²) in [6.07, 6.45) is 33.1. The van der Waals surface area contributed by atoms with Gasteiger partial charge in [0.25, 0.3) is 5.82 Å². The van der Waals surface area contributed by atoms with Gasteiger partial charge in [-0.25, -0.2) is 9.55 Å². The molecule has 2 unspecified atom stereocenters. The van der Waals surface area contributed by atoms with Crippen LogP contribution < -0.4 is 4.57 Å². The summed E-state index contributed by atoms with van der Waals surface area (Å²) in [5.74, 6) is 1.87. The molecule has 1 heterocycles. The van der Waals surface area contributed by atoms with Crippen molar-refractivity contribution in [3.8, 4) is 0 Å². The van der Waals surface area contributed by atoms with Gasteiger partial charge in [-0.2, -0.15) is 0 Å². The Morgan fingerprint density at radius 1 is 0.591 bits per heavy atom. The van der Waals surface area contributed by atoms with Crippen molar-refractivity contribution in [3.05, 3.63) is 90.0 Å². The molecule has 0 aliphatic carbocycles. The Labute approximate surface area is 272 Å². The maximum atomic E-state index is 3.79. The fraction of sp³-hybridized carbons (Fsp3) is 0.643. The van der Waals surface area contributed by atoms with Crippen LogP contribution in [0.5, 0.6) is 0 Å². The number of aromatic nitrogens is 2. The number of rotatable bonds is 26. The van der Waals surface area contributed by atoms with Gasteiger partial charge in [-0.15, -0.1) is 0 Å². The summed E-state index contributed by atoms with van der Waals surface area (Å²) in [4.78, 5) is 3.79. The van der Waals surface area contributed by atoms with Crippen molar-refractivity contribution in [1.29, 1.82) is 0 Å². The highest BCUT2D eigenvalue weighted by atomic mass is 15.1. The lowest BCUT2D eigenvalue weighted by molar-refractivity contribution is -0.705. The minimum absolute atomic E-state index is 0.00741. The summed E-state index contributed by atoms with van der Waals surface area (Å²) in [7, 11) is 0. The Balaban J connectivity index is 1.66. The van der Waals surface area contributed by atoms with Crippen molar-refractivity contribution < 1.29 is 4.57 Å². The maximum Gasteiger partial charge on any atom is 0.258 e. The third-order valence-corrected chi connectivity index (χ3v) is 10.1. The van der Waals surface area contributed by atoms with Gasteiger partial charge in [0.1, 0.15) is 12.4 Å². The number of benzene rings is 2. The van der Waals surface area contributed by atoms with Crippen molar-refractivity contribution in [1.82, 2.24) is 4.98 Å². The molecule has 244 valence electrons. The number of nitrogens with one attached hydrogen (secondary N) is 1. The van der Waals surface area contributed by atoms with Crippen LogP contribution in [0, 0.1) is 0 Å². The Bertz CT molecular complexity index is 1070. The highest BCUT2D eigenvalue weighted by molar-refractivity contribution is 5.32. The number of aromatic amines is 1. The van der Waals surface area contributed by atoms with Crippen molar-refractivity contribution >= 4 is 0 Å². The van der Waals surface area contributed by atoms with Crippen LogP contribution in [-0.4, -0.2) is 4.98 Å². The van der Waals surface area contributed by atoms with E-state index in [1.54, 1.807) is 0 Å². The van der Waals surface area contributed by atoms with Crippen molar-refractivity contribution in [3.63, 3.8) is 0 Å². The second-order valence-corrected chi connectivity index (χ2v) is 13.8. The first kappa shape index (κ1) is 36.1. The number of H-pyrrole nitrogens is 1. The van der Waals surface area contributed by atoms with Gasteiger partial charge in [0.15, 0.2) is 0 Å². The van der Waals surface area contributed by atoms with E-state index >= 15 is 0 Å². The molecular formula is C42H67N2+. The average Bonchev–Trinajstić information content (AvgIpc) is 3.51. The van der Waals surface area contributed by atoms with Crippen LogP contribution >= 0.6 is 0 Å². The van der Waals surface area contributed by atoms with Crippen LogP contribution in [0.3, 0.4) is 0 Å². The first-order chi connectivity index (χ1) is 21.7. The number of unbranched alkanes of at least 4 members (excludes halogenated alkanes) is 17. The molecule has 0 bridgehead atoms. The van der Waals surface area contributed by atoms with Crippen LogP contribution in [0.2, 0.25) is 0 Å². The van der Waals surface area contributed by atoms with E-state index in [1.807, 2.05) is 0 Å². The monoisotopic (exact) mass is 600 g/mol. The standard InChI is InChI=1S/C42H66N2/c1-4-6-8-10-12-14-15-16-18-20-28-35-44-36-34-43-41(44)40(33-27-19-17-13-11-9-7-5-2)42(3,39-31-25-22-26-32-39)37-38-29-23-21-24-30-38/h21-26,29-32,34,36,40H,4-20,27-28,33,35,37H2,1-3H3/p+1. The van der Waals surface area contributed by atoms with Crippen molar-refractivity contribution in [2.75, 3.05) is 0 Å². The van der Waals surface area contributed by atoms with E-state index in [0.29, 0.717) is 5.92 Å². The van der Waals surface area contributed by atoms with Gasteiger partial charge in [0.05, 0.1) is 12.5 Å². The molecule has 2 atom stereocenters. The molecule has 2 heteroatoms. The van der Waals surface area contributed by atoms with Crippen LogP contribution in [0.15, 0.2) is 73.1 Å². The number of imidazole rings is 1. The van der Waals surface area contributed by atoms with Crippen LogP contribution in [-0.2, 0) is 18.4 Å². The Morgan fingerprint density at radius 2 is 1.07 bits per heavy atom. The molecule has 0 radical (unpaired) electrons. The SMILES string of the molecule is CCCCCCCCCCCCC[n+]1cc[nH]c1C(CCCCCCCCCC)C(C)(Cc1ccccc1)c1ccccc1.